The maximum absolute atomic E-state index is 9.66. The highest BCUT2D eigenvalue weighted by molar-refractivity contribution is 5.93. The van der Waals surface area contributed by atoms with Gasteiger partial charge in [0.2, 0.25) is 5.88 Å². The first kappa shape index (κ1) is 24.8. The summed E-state index contributed by atoms with van der Waals surface area (Å²) in [6.07, 6.45) is 10.2. The summed E-state index contributed by atoms with van der Waals surface area (Å²) in [6.45, 7) is 6.40. The molecule has 0 aromatic carbocycles. The van der Waals surface area contributed by atoms with Gasteiger partial charge in [-0.05, 0) is 30.2 Å². The molecule has 2 unspecified atom stereocenters. The van der Waals surface area contributed by atoms with Gasteiger partial charge in [0.15, 0.2) is 0 Å². The van der Waals surface area contributed by atoms with Gasteiger partial charge in [0, 0.05) is 86.8 Å². The van der Waals surface area contributed by atoms with Crippen molar-refractivity contribution in [1.82, 2.24) is 25.1 Å². The zero-order valence-corrected chi connectivity index (χ0v) is 22.5. The summed E-state index contributed by atoms with van der Waals surface area (Å²) in [7, 11) is 1.64. The number of dihydropyridines is 1. The summed E-state index contributed by atoms with van der Waals surface area (Å²) >= 11 is 0. The zero-order chi connectivity index (χ0) is 27.3. The lowest BCUT2D eigenvalue weighted by Gasteiger charge is -2.56. The Labute approximate surface area is 233 Å². The van der Waals surface area contributed by atoms with Crippen LogP contribution in [0.15, 0.2) is 65.9 Å². The quantitative estimate of drug-likeness (QED) is 0.407. The number of methoxy groups -OCH3 is 1. The highest BCUT2D eigenvalue weighted by Crippen LogP contribution is 2.41. The fraction of sp³-hybridized carbons (Fsp3) is 0.400. The Bertz CT molecular complexity index is 1430. The van der Waals surface area contributed by atoms with Crippen LogP contribution in [0.4, 0.5) is 5.82 Å². The van der Waals surface area contributed by atoms with Crippen LogP contribution in [-0.4, -0.2) is 84.6 Å². The fourth-order valence-corrected chi connectivity index (χ4v) is 6.50. The normalized spacial score (nSPS) is 25.8. The summed E-state index contributed by atoms with van der Waals surface area (Å²) in [5.74, 6) is 1.61. The predicted molar refractivity (Wildman–Crippen MR) is 150 cm³/mol. The molecule has 1 spiro atoms. The van der Waals surface area contributed by atoms with E-state index in [1.165, 1.54) is 12.0 Å². The van der Waals surface area contributed by atoms with Crippen LogP contribution in [0.3, 0.4) is 0 Å². The smallest absolute Gasteiger partial charge is 0.212 e. The average Bonchev–Trinajstić information content (AvgIpc) is 2.96. The topological polar surface area (TPSA) is 114 Å². The third-order valence-electron chi connectivity index (χ3n) is 8.79. The number of likely N-dealkylation sites (tertiary alicyclic amines) is 1. The molecule has 6 aliphatic rings. The molecular formula is C30H32N8O2. The van der Waals surface area contributed by atoms with E-state index in [9.17, 15) is 5.26 Å². The van der Waals surface area contributed by atoms with E-state index in [2.05, 4.69) is 55.3 Å². The molecule has 10 heteroatoms. The predicted octanol–water partition coefficient (Wildman–Crippen LogP) is 2.54. The molecule has 8 heterocycles. The average molecular weight is 537 g/mol. The number of ether oxygens (including phenoxy) is 2. The van der Waals surface area contributed by atoms with Crippen molar-refractivity contribution >= 4 is 17.6 Å². The first-order chi connectivity index (χ1) is 19.6. The largest absolute Gasteiger partial charge is 0.481 e. The SMILES string of the molecule is COc1ccc(CN2C3CC2CN(c2ccc(C4=CC(N5CC6(COC6)C5)=CN/C4=C(/C#N)C=N)cn2)C3)cn1. The Balaban J connectivity index is 1.06. The van der Waals surface area contributed by atoms with E-state index >= 15 is 0 Å². The van der Waals surface area contributed by atoms with E-state index in [-0.39, 0.29) is 0 Å². The minimum absolute atomic E-state index is 0.293. The van der Waals surface area contributed by atoms with Crippen LogP contribution < -0.4 is 15.0 Å². The number of pyridine rings is 2. The van der Waals surface area contributed by atoms with Gasteiger partial charge >= 0.3 is 0 Å². The molecule has 40 heavy (non-hydrogen) atoms. The molecule has 2 aromatic rings. The molecule has 0 radical (unpaired) electrons. The highest BCUT2D eigenvalue weighted by Gasteiger charge is 2.49. The summed E-state index contributed by atoms with van der Waals surface area (Å²) in [5, 5.41) is 20.7. The van der Waals surface area contributed by atoms with E-state index in [0.29, 0.717) is 34.6 Å². The van der Waals surface area contributed by atoms with Crippen molar-refractivity contribution in [3.63, 3.8) is 0 Å². The monoisotopic (exact) mass is 536 g/mol. The number of fused-ring (bicyclic) bond motifs is 2. The first-order valence-electron chi connectivity index (χ1n) is 13.7. The molecular weight excluding hydrogens is 504 g/mol. The van der Waals surface area contributed by atoms with E-state index in [1.54, 1.807) is 7.11 Å². The van der Waals surface area contributed by atoms with Crippen molar-refractivity contribution in [1.29, 1.82) is 10.7 Å². The number of piperazine rings is 1. The van der Waals surface area contributed by atoms with Gasteiger partial charge in [-0.25, -0.2) is 9.97 Å². The number of rotatable bonds is 7. The Morgan fingerprint density at radius 1 is 1.18 bits per heavy atom. The maximum atomic E-state index is 9.66. The van der Waals surface area contributed by atoms with Gasteiger partial charge in [-0.1, -0.05) is 6.07 Å². The zero-order valence-electron chi connectivity index (χ0n) is 22.5. The van der Waals surface area contributed by atoms with Crippen LogP contribution in [-0.2, 0) is 11.3 Å². The van der Waals surface area contributed by atoms with Crippen LogP contribution in [0.5, 0.6) is 5.88 Å². The molecule has 6 aliphatic heterocycles. The number of anilines is 1. The summed E-state index contributed by atoms with van der Waals surface area (Å²) in [5.41, 5.74) is 5.31. The van der Waals surface area contributed by atoms with Crippen LogP contribution in [0.2, 0.25) is 0 Å². The maximum Gasteiger partial charge on any atom is 0.212 e. The third kappa shape index (κ3) is 4.22. The lowest BCUT2D eigenvalue weighted by molar-refractivity contribution is -0.179. The van der Waals surface area contributed by atoms with Gasteiger partial charge in [-0.2, -0.15) is 5.26 Å². The molecule has 0 saturated carbocycles. The van der Waals surface area contributed by atoms with Gasteiger partial charge < -0.3 is 30.0 Å². The Morgan fingerprint density at radius 2 is 2.00 bits per heavy atom. The fourth-order valence-electron chi connectivity index (χ4n) is 6.50. The Hall–Kier alpha value is -4.20. The van der Waals surface area contributed by atoms with Crippen LogP contribution in [0.25, 0.3) is 5.57 Å². The molecule has 2 aromatic heterocycles. The van der Waals surface area contributed by atoms with E-state index in [0.717, 1.165) is 74.8 Å². The van der Waals surface area contributed by atoms with Gasteiger partial charge in [-0.15, -0.1) is 0 Å². The molecule has 204 valence electrons. The first-order valence-corrected chi connectivity index (χ1v) is 13.7. The Kier molecular flexibility index (Phi) is 6.06. The summed E-state index contributed by atoms with van der Waals surface area (Å²) in [6, 6.07) is 11.3. The van der Waals surface area contributed by atoms with Crippen LogP contribution >= 0.6 is 0 Å². The molecule has 5 saturated heterocycles. The van der Waals surface area contributed by atoms with Gasteiger partial charge in [0.05, 0.1) is 42.7 Å². The van der Waals surface area contributed by atoms with Crippen molar-refractivity contribution in [2.45, 2.75) is 25.0 Å². The summed E-state index contributed by atoms with van der Waals surface area (Å²) in [4.78, 5) is 16.5. The number of allylic oxidation sites excluding steroid dienone is 3. The molecule has 0 aliphatic carbocycles. The molecule has 0 amide bonds. The third-order valence-corrected chi connectivity index (χ3v) is 8.79. The number of nitrogens with zero attached hydrogens (tertiary/aromatic N) is 6. The number of nitrogens with one attached hydrogen (secondary N) is 2. The molecule has 2 bridgehead atoms. The second-order valence-corrected chi connectivity index (χ2v) is 11.4. The second kappa shape index (κ2) is 9.77. The standard InChI is InChI=1S/C30H32N8O2/c1-39-28-5-2-20(10-34-28)13-38-24-6-25(38)15-36(14-24)27-4-3-21(11-33-27)26-7-23(12-35-29(26)22(8-31)9-32)37-16-30(17-37)18-40-19-30/h2-5,7-8,10-12,24-25,31,35H,6,13-19H2,1H3/b29-22+,31-8?. The van der Waals surface area contributed by atoms with Crippen molar-refractivity contribution in [3.05, 3.63) is 77.0 Å². The number of piperidine rings is 1. The number of hydrogen-bond donors (Lipinski definition) is 2. The Morgan fingerprint density at radius 3 is 2.60 bits per heavy atom. The molecule has 2 N–H and O–H groups in total. The number of aromatic nitrogens is 2. The highest BCUT2D eigenvalue weighted by atomic mass is 16.5. The van der Waals surface area contributed by atoms with Crippen molar-refractivity contribution in [2.24, 2.45) is 5.41 Å². The second-order valence-electron chi connectivity index (χ2n) is 11.4. The molecule has 2 atom stereocenters. The molecule has 5 fully saturated rings. The molecule has 10 nitrogen and oxygen atoms in total. The van der Waals surface area contributed by atoms with E-state index < -0.39 is 0 Å². The molecule has 8 rings (SSSR count). The lowest BCUT2D eigenvalue weighted by Crippen LogP contribution is -2.68. The van der Waals surface area contributed by atoms with Crippen molar-refractivity contribution in [2.75, 3.05) is 51.4 Å². The number of hydrogen-bond acceptors (Lipinski definition) is 10. The summed E-state index contributed by atoms with van der Waals surface area (Å²) < 4.78 is 10.6. The van der Waals surface area contributed by atoms with Crippen molar-refractivity contribution < 1.29 is 9.47 Å². The van der Waals surface area contributed by atoms with Crippen molar-refractivity contribution in [3.8, 4) is 11.9 Å². The van der Waals surface area contributed by atoms with Gasteiger partial charge in [0.1, 0.15) is 11.9 Å². The lowest BCUT2D eigenvalue weighted by atomic mass is 9.77. The van der Waals surface area contributed by atoms with Crippen LogP contribution in [0.1, 0.15) is 17.5 Å². The van der Waals surface area contributed by atoms with Gasteiger partial charge in [0.25, 0.3) is 0 Å². The number of nitriles is 1. The minimum Gasteiger partial charge on any atom is -0.481 e. The van der Waals surface area contributed by atoms with E-state index in [1.807, 2.05) is 24.7 Å². The van der Waals surface area contributed by atoms with E-state index in [4.69, 9.17) is 19.9 Å². The van der Waals surface area contributed by atoms with Crippen LogP contribution in [0, 0.1) is 22.2 Å². The van der Waals surface area contributed by atoms with Gasteiger partial charge in [-0.3, -0.25) is 4.90 Å². The minimum atomic E-state index is 0.293.